The minimum Gasteiger partial charge on any atom is -0.345 e. The summed E-state index contributed by atoms with van der Waals surface area (Å²) in [5, 5.41) is 3.46. The molecule has 1 heterocycles. The Morgan fingerprint density at radius 2 is 2.35 bits per heavy atom. The van der Waals surface area contributed by atoms with Gasteiger partial charge < -0.3 is 14.8 Å². The zero-order valence-electron chi connectivity index (χ0n) is 10.6. The van der Waals surface area contributed by atoms with Crippen molar-refractivity contribution < 1.29 is 4.79 Å². The van der Waals surface area contributed by atoms with Crippen molar-refractivity contribution >= 4 is 5.91 Å². The highest BCUT2D eigenvalue weighted by Gasteiger charge is 2.20. The topological polar surface area (TPSA) is 37.3 Å². The first-order valence-electron chi connectivity index (χ1n) is 6.31. The molecule has 0 bridgehead atoms. The molecule has 94 valence electrons. The van der Waals surface area contributed by atoms with E-state index in [4.69, 9.17) is 0 Å². The minimum absolute atomic E-state index is 0.157. The third-order valence-corrected chi connectivity index (χ3v) is 3.20. The molecule has 1 N–H and O–H groups in total. The summed E-state index contributed by atoms with van der Waals surface area (Å²) in [7, 11) is 1.83. The zero-order chi connectivity index (χ0) is 12.3. The van der Waals surface area contributed by atoms with E-state index in [1.54, 1.807) is 4.90 Å². The van der Waals surface area contributed by atoms with Gasteiger partial charge in [0.05, 0.1) is 0 Å². The van der Waals surface area contributed by atoms with Crippen molar-refractivity contribution in [2.75, 3.05) is 13.6 Å². The lowest BCUT2D eigenvalue weighted by atomic mass is 10.3. The number of nitrogens with zero attached hydrogens (tertiary/aromatic N) is 2. The Balaban J connectivity index is 1.82. The van der Waals surface area contributed by atoms with E-state index in [-0.39, 0.29) is 5.91 Å². The van der Waals surface area contributed by atoms with Crippen LogP contribution in [0.5, 0.6) is 0 Å². The van der Waals surface area contributed by atoms with E-state index in [9.17, 15) is 4.79 Å². The third kappa shape index (κ3) is 3.60. The molecule has 1 aromatic heterocycles. The molecule has 0 aromatic carbocycles. The van der Waals surface area contributed by atoms with Crippen LogP contribution in [0.15, 0.2) is 18.5 Å². The lowest BCUT2D eigenvalue weighted by Crippen LogP contribution is -2.29. The van der Waals surface area contributed by atoms with E-state index in [1.807, 2.05) is 24.7 Å². The van der Waals surface area contributed by atoms with Gasteiger partial charge in [-0.25, -0.2) is 0 Å². The van der Waals surface area contributed by atoms with Gasteiger partial charge >= 0.3 is 0 Å². The maximum Gasteiger partial charge on any atom is 0.242 e. The number of nitrogens with one attached hydrogen (secondary N) is 1. The first-order valence-corrected chi connectivity index (χ1v) is 6.31. The van der Waals surface area contributed by atoms with Crippen LogP contribution in [0.2, 0.25) is 0 Å². The normalized spacial score (nSPS) is 14.9. The molecule has 0 aliphatic heterocycles. The van der Waals surface area contributed by atoms with Gasteiger partial charge in [0.15, 0.2) is 0 Å². The molecular formula is C13H21N3O. The van der Waals surface area contributed by atoms with E-state index >= 15 is 0 Å². The number of hydrogen-bond acceptors (Lipinski definition) is 2. The highest BCUT2D eigenvalue weighted by Crippen LogP contribution is 2.19. The number of carbonyl (C=O) groups excluding carboxylic acids is 1. The summed E-state index contributed by atoms with van der Waals surface area (Å²) in [6, 6.07) is 2.81. The molecule has 1 aliphatic carbocycles. The molecule has 1 fully saturated rings. The average molecular weight is 235 g/mol. The Bertz CT molecular complexity index is 382. The van der Waals surface area contributed by atoms with Crippen molar-refractivity contribution in [2.45, 2.75) is 38.9 Å². The van der Waals surface area contributed by atoms with Gasteiger partial charge in [-0.15, -0.1) is 0 Å². The molecule has 17 heavy (non-hydrogen) atoms. The fourth-order valence-electron chi connectivity index (χ4n) is 1.70. The zero-order valence-corrected chi connectivity index (χ0v) is 10.6. The van der Waals surface area contributed by atoms with Crippen molar-refractivity contribution in [3.63, 3.8) is 0 Å². The Hall–Kier alpha value is -1.29. The Morgan fingerprint density at radius 1 is 1.59 bits per heavy atom. The summed E-state index contributed by atoms with van der Waals surface area (Å²) in [6.45, 7) is 4.10. The van der Waals surface area contributed by atoms with Crippen molar-refractivity contribution in [3.8, 4) is 0 Å². The second-order valence-electron chi connectivity index (χ2n) is 4.76. The first-order chi connectivity index (χ1) is 8.19. The molecule has 4 heteroatoms. The predicted molar refractivity (Wildman–Crippen MR) is 67.6 cm³/mol. The second kappa shape index (κ2) is 5.36. The van der Waals surface area contributed by atoms with Gasteiger partial charge in [-0.3, -0.25) is 4.79 Å². The van der Waals surface area contributed by atoms with Crippen LogP contribution in [-0.2, 0) is 17.9 Å². The van der Waals surface area contributed by atoms with E-state index in [0.717, 1.165) is 19.1 Å². The number of hydrogen-bond donors (Lipinski definition) is 1. The van der Waals surface area contributed by atoms with Crippen LogP contribution in [0.1, 0.15) is 25.3 Å². The Morgan fingerprint density at radius 3 is 3.00 bits per heavy atom. The Kier molecular flexibility index (Phi) is 3.84. The largest absolute Gasteiger partial charge is 0.345 e. The van der Waals surface area contributed by atoms with Crippen LogP contribution in [-0.4, -0.2) is 35.0 Å². The maximum absolute atomic E-state index is 11.7. The molecule has 0 unspecified atom stereocenters. The summed E-state index contributed by atoms with van der Waals surface area (Å²) in [5.74, 6) is 0.157. The van der Waals surface area contributed by atoms with Gasteiger partial charge in [0, 0.05) is 38.6 Å². The van der Waals surface area contributed by atoms with Gasteiger partial charge in [0.2, 0.25) is 5.91 Å². The highest BCUT2D eigenvalue weighted by atomic mass is 16.2. The van der Waals surface area contributed by atoms with Crippen LogP contribution < -0.4 is 5.32 Å². The number of carbonyl (C=O) groups is 1. The SMILES string of the molecule is CCN(C)C(=O)Cn1ccc(CNC2CC2)c1. The van der Waals surface area contributed by atoms with Crippen molar-refractivity contribution in [2.24, 2.45) is 0 Å². The summed E-state index contributed by atoms with van der Waals surface area (Å²) in [5.41, 5.74) is 1.25. The van der Waals surface area contributed by atoms with E-state index in [2.05, 4.69) is 17.6 Å². The van der Waals surface area contributed by atoms with Gasteiger partial charge in [-0.05, 0) is 31.4 Å². The van der Waals surface area contributed by atoms with Crippen LogP contribution in [0.3, 0.4) is 0 Å². The standard InChI is InChI=1S/C13H21N3O/c1-3-15(2)13(17)10-16-7-6-11(9-16)8-14-12-4-5-12/h6-7,9,12,14H,3-5,8,10H2,1-2H3. The van der Waals surface area contributed by atoms with Gasteiger partial charge in [-0.2, -0.15) is 0 Å². The maximum atomic E-state index is 11.7. The predicted octanol–water partition coefficient (Wildman–Crippen LogP) is 1.22. The first kappa shape index (κ1) is 12.2. The quantitative estimate of drug-likeness (QED) is 0.805. The lowest BCUT2D eigenvalue weighted by Gasteiger charge is -2.14. The van der Waals surface area contributed by atoms with Crippen LogP contribution in [0.4, 0.5) is 0 Å². The molecule has 1 aliphatic rings. The molecule has 0 saturated heterocycles. The molecule has 0 atom stereocenters. The lowest BCUT2D eigenvalue weighted by molar-refractivity contribution is -0.130. The average Bonchev–Trinajstić information content (AvgIpc) is 3.06. The molecule has 1 saturated carbocycles. The molecule has 0 spiro atoms. The van der Waals surface area contributed by atoms with E-state index in [1.165, 1.54) is 18.4 Å². The van der Waals surface area contributed by atoms with E-state index < -0.39 is 0 Å². The minimum atomic E-state index is 0.157. The van der Waals surface area contributed by atoms with Gasteiger partial charge in [-0.1, -0.05) is 0 Å². The number of amides is 1. The summed E-state index contributed by atoms with van der Waals surface area (Å²) >= 11 is 0. The van der Waals surface area contributed by atoms with Crippen molar-refractivity contribution in [1.82, 2.24) is 14.8 Å². The molecule has 0 radical (unpaired) electrons. The smallest absolute Gasteiger partial charge is 0.242 e. The van der Waals surface area contributed by atoms with Crippen molar-refractivity contribution in [3.05, 3.63) is 24.0 Å². The highest BCUT2D eigenvalue weighted by molar-refractivity contribution is 5.75. The van der Waals surface area contributed by atoms with Gasteiger partial charge in [0.25, 0.3) is 0 Å². The number of likely N-dealkylation sites (N-methyl/N-ethyl adjacent to an activating group) is 1. The summed E-state index contributed by atoms with van der Waals surface area (Å²) in [6.07, 6.45) is 6.64. The monoisotopic (exact) mass is 235 g/mol. The molecule has 1 amide bonds. The molecule has 4 nitrogen and oxygen atoms in total. The summed E-state index contributed by atoms with van der Waals surface area (Å²) < 4.78 is 1.96. The molecule has 1 aromatic rings. The third-order valence-electron chi connectivity index (χ3n) is 3.20. The Labute approximate surface area is 103 Å². The number of rotatable bonds is 6. The van der Waals surface area contributed by atoms with E-state index in [0.29, 0.717) is 6.54 Å². The number of aromatic nitrogens is 1. The van der Waals surface area contributed by atoms with Crippen LogP contribution >= 0.6 is 0 Å². The van der Waals surface area contributed by atoms with Gasteiger partial charge in [0.1, 0.15) is 6.54 Å². The molecular weight excluding hydrogens is 214 g/mol. The summed E-state index contributed by atoms with van der Waals surface area (Å²) in [4.78, 5) is 13.5. The van der Waals surface area contributed by atoms with Crippen LogP contribution in [0, 0.1) is 0 Å². The fraction of sp³-hybridized carbons (Fsp3) is 0.615. The second-order valence-corrected chi connectivity index (χ2v) is 4.76. The fourth-order valence-corrected chi connectivity index (χ4v) is 1.70. The van der Waals surface area contributed by atoms with Crippen molar-refractivity contribution in [1.29, 1.82) is 0 Å². The molecule has 2 rings (SSSR count). The van der Waals surface area contributed by atoms with Crippen LogP contribution in [0.25, 0.3) is 0 Å².